The number of ether oxygens (including phenoxy) is 1. The Morgan fingerprint density at radius 1 is 1.31 bits per heavy atom. The zero-order chi connectivity index (χ0) is 12.6. The standard InChI is InChI=1S/C9H16N2O5/c1-11(6-4-7(12)13)9(15)10-5-3-8(14)16-2/h3-6H2,1-2H3,(H,10,15)(H,12,13). The lowest BCUT2D eigenvalue weighted by molar-refractivity contribution is -0.140. The molecule has 0 aliphatic carbocycles. The van der Waals surface area contributed by atoms with Gasteiger partial charge in [0.15, 0.2) is 0 Å². The number of urea groups is 1. The van der Waals surface area contributed by atoms with Crippen LogP contribution in [-0.4, -0.2) is 55.2 Å². The van der Waals surface area contributed by atoms with E-state index in [0.717, 1.165) is 0 Å². The number of carboxylic acids is 1. The van der Waals surface area contributed by atoms with Gasteiger partial charge in [0.05, 0.1) is 20.0 Å². The number of nitrogens with zero attached hydrogens (tertiary/aromatic N) is 1. The molecule has 0 spiro atoms. The minimum atomic E-state index is -0.964. The molecule has 16 heavy (non-hydrogen) atoms. The smallest absolute Gasteiger partial charge is 0.317 e. The number of carboxylic acid groups (broad SMARTS) is 1. The molecule has 0 fully saturated rings. The van der Waals surface area contributed by atoms with Crippen LogP contribution in [0.2, 0.25) is 0 Å². The lowest BCUT2D eigenvalue weighted by atomic mass is 10.4. The largest absolute Gasteiger partial charge is 0.481 e. The van der Waals surface area contributed by atoms with Gasteiger partial charge in [0, 0.05) is 20.1 Å². The van der Waals surface area contributed by atoms with Crippen molar-refractivity contribution in [3.63, 3.8) is 0 Å². The van der Waals surface area contributed by atoms with Gasteiger partial charge < -0.3 is 20.1 Å². The van der Waals surface area contributed by atoms with Gasteiger partial charge >= 0.3 is 18.0 Å². The van der Waals surface area contributed by atoms with Crippen LogP contribution < -0.4 is 5.32 Å². The molecule has 2 N–H and O–H groups in total. The molecular formula is C9H16N2O5. The van der Waals surface area contributed by atoms with E-state index in [0.29, 0.717) is 0 Å². The molecule has 0 aliphatic heterocycles. The molecule has 7 nitrogen and oxygen atoms in total. The van der Waals surface area contributed by atoms with E-state index in [1.54, 1.807) is 0 Å². The Balaban J connectivity index is 3.71. The van der Waals surface area contributed by atoms with Crippen LogP contribution in [0.4, 0.5) is 4.79 Å². The summed E-state index contributed by atoms with van der Waals surface area (Å²) in [6, 6.07) is -0.412. The maximum atomic E-state index is 11.3. The van der Waals surface area contributed by atoms with E-state index in [9.17, 15) is 14.4 Å². The molecule has 0 rings (SSSR count). The van der Waals surface area contributed by atoms with Gasteiger partial charge in [0.25, 0.3) is 0 Å². The second-order valence-electron chi connectivity index (χ2n) is 3.12. The number of amides is 2. The maximum absolute atomic E-state index is 11.3. The topological polar surface area (TPSA) is 95.9 Å². The summed E-state index contributed by atoms with van der Waals surface area (Å²) in [5.41, 5.74) is 0. The second kappa shape index (κ2) is 7.49. The highest BCUT2D eigenvalue weighted by atomic mass is 16.5. The number of hydrogen-bond donors (Lipinski definition) is 2. The molecule has 0 radical (unpaired) electrons. The first-order chi connectivity index (χ1) is 7.47. The van der Waals surface area contributed by atoms with E-state index in [2.05, 4.69) is 10.1 Å². The molecule has 0 bridgehead atoms. The average Bonchev–Trinajstić information content (AvgIpc) is 2.25. The van der Waals surface area contributed by atoms with E-state index < -0.39 is 18.0 Å². The number of hydrogen-bond acceptors (Lipinski definition) is 4. The minimum absolute atomic E-state index is 0.0923. The first-order valence-electron chi connectivity index (χ1n) is 4.75. The SMILES string of the molecule is COC(=O)CCNC(=O)N(C)CCC(=O)O. The lowest BCUT2D eigenvalue weighted by Gasteiger charge is -2.16. The molecule has 0 saturated carbocycles. The van der Waals surface area contributed by atoms with E-state index in [1.165, 1.54) is 19.1 Å². The van der Waals surface area contributed by atoms with Crippen molar-refractivity contribution in [3.05, 3.63) is 0 Å². The molecule has 0 heterocycles. The van der Waals surface area contributed by atoms with E-state index >= 15 is 0 Å². The van der Waals surface area contributed by atoms with Crippen molar-refractivity contribution < 1.29 is 24.2 Å². The molecule has 0 unspecified atom stereocenters. The predicted octanol–water partition coefficient (Wildman–Crippen LogP) is -0.334. The summed E-state index contributed by atoms with van der Waals surface area (Å²) in [7, 11) is 2.75. The minimum Gasteiger partial charge on any atom is -0.481 e. The first kappa shape index (κ1) is 14.2. The van der Waals surface area contributed by atoms with Gasteiger partial charge in [-0.25, -0.2) is 4.79 Å². The Morgan fingerprint density at radius 3 is 2.44 bits per heavy atom. The van der Waals surface area contributed by atoms with E-state index in [-0.39, 0.29) is 25.9 Å². The number of nitrogens with one attached hydrogen (secondary N) is 1. The third-order valence-electron chi connectivity index (χ3n) is 1.84. The highest BCUT2D eigenvalue weighted by Crippen LogP contribution is 1.89. The monoisotopic (exact) mass is 232 g/mol. The van der Waals surface area contributed by atoms with Crippen LogP contribution in [0.3, 0.4) is 0 Å². The zero-order valence-electron chi connectivity index (χ0n) is 9.36. The average molecular weight is 232 g/mol. The number of esters is 1. The second-order valence-corrected chi connectivity index (χ2v) is 3.12. The lowest BCUT2D eigenvalue weighted by Crippen LogP contribution is -2.39. The summed E-state index contributed by atoms with van der Waals surface area (Å²) in [6.07, 6.45) is -0.0179. The van der Waals surface area contributed by atoms with Crippen molar-refractivity contribution in [2.75, 3.05) is 27.2 Å². The highest BCUT2D eigenvalue weighted by molar-refractivity contribution is 5.76. The van der Waals surface area contributed by atoms with Gasteiger partial charge in [-0.15, -0.1) is 0 Å². The summed E-state index contributed by atoms with van der Waals surface area (Å²) in [4.78, 5) is 33.5. The molecule has 92 valence electrons. The zero-order valence-corrected chi connectivity index (χ0v) is 9.36. The third kappa shape index (κ3) is 6.63. The Morgan fingerprint density at radius 2 is 1.94 bits per heavy atom. The molecular weight excluding hydrogens is 216 g/mol. The summed E-state index contributed by atoms with van der Waals surface area (Å²) < 4.78 is 4.39. The van der Waals surface area contributed by atoms with Crippen LogP contribution in [0, 0.1) is 0 Å². The molecule has 0 saturated heterocycles. The van der Waals surface area contributed by atoms with E-state index in [1.807, 2.05) is 0 Å². The van der Waals surface area contributed by atoms with Crippen molar-refractivity contribution in [1.29, 1.82) is 0 Å². The third-order valence-corrected chi connectivity index (χ3v) is 1.84. The molecule has 0 aromatic rings. The molecule has 7 heteroatoms. The van der Waals surface area contributed by atoms with E-state index in [4.69, 9.17) is 5.11 Å². The van der Waals surface area contributed by atoms with Crippen LogP contribution >= 0.6 is 0 Å². The fourth-order valence-corrected chi connectivity index (χ4v) is 0.873. The summed E-state index contributed by atoms with van der Waals surface area (Å²) >= 11 is 0. The Bertz CT molecular complexity index is 267. The predicted molar refractivity (Wildman–Crippen MR) is 54.9 cm³/mol. The van der Waals surface area contributed by atoms with Crippen LogP contribution in [0.15, 0.2) is 0 Å². The van der Waals surface area contributed by atoms with Crippen molar-refractivity contribution in [1.82, 2.24) is 10.2 Å². The Labute approximate surface area is 93.4 Å². The number of carbonyl (C=O) groups excluding carboxylic acids is 2. The van der Waals surface area contributed by atoms with Gasteiger partial charge in [-0.05, 0) is 0 Å². The van der Waals surface area contributed by atoms with Gasteiger partial charge in [-0.3, -0.25) is 9.59 Å². The molecule has 0 aromatic heterocycles. The molecule has 0 aliphatic rings. The summed E-state index contributed by atoms with van der Waals surface area (Å²) in [6.45, 7) is 0.294. The highest BCUT2D eigenvalue weighted by Gasteiger charge is 2.10. The molecule has 2 amide bonds. The fraction of sp³-hybridized carbons (Fsp3) is 0.667. The van der Waals surface area contributed by atoms with Gasteiger partial charge in [-0.2, -0.15) is 0 Å². The Hall–Kier alpha value is -1.79. The number of aliphatic carboxylic acids is 1. The van der Waals surface area contributed by atoms with Gasteiger partial charge in [0.2, 0.25) is 0 Å². The molecule has 0 aromatic carbocycles. The number of carbonyl (C=O) groups is 3. The van der Waals surface area contributed by atoms with Crippen LogP contribution in [0.1, 0.15) is 12.8 Å². The normalized spacial score (nSPS) is 9.38. The van der Waals surface area contributed by atoms with Crippen LogP contribution in [0.5, 0.6) is 0 Å². The van der Waals surface area contributed by atoms with Crippen molar-refractivity contribution in [3.8, 4) is 0 Å². The van der Waals surface area contributed by atoms with Crippen LogP contribution in [0.25, 0.3) is 0 Å². The number of methoxy groups -OCH3 is 1. The summed E-state index contributed by atoms with van der Waals surface area (Å²) in [5, 5.41) is 10.9. The quantitative estimate of drug-likeness (QED) is 0.611. The van der Waals surface area contributed by atoms with Crippen molar-refractivity contribution in [2.24, 2.45) is 0 Å². The van der Waals surface area contributed by atoms with Crippen molar-refractivity contribution in [2.45, 2.75) is 12.8 Å². The Kier molecular flexibility index (Phi) is 6.66. The van der Waals surface area contributed by atoms with Gasteiger partial charge in [-0.1, -0.05) is 0 Å². The first-order valence-corrected chi connectivity index (χ1v) is 4.75. The number of rotatable bonds is 6. The maximum Gasteiger partial charge on any atom is 0.317 e. The van der Waals surface area contributed by atoms with Crippen molar-refractivity contribution >= 4 is 18.0 Å². The molecule has 0 atom stereocenters. The van der Waals surface area contributed by atoms with Crippen LogP contribution in [-0.2, 0) is 14.3 Å². The summed E-state index contributed by atoms with van der Waals surface area (Å²) in [5.74, 6) is -1.37. The van der Waals surface area contributed by atoms with Gasteiger partial charge in [0.1, 0.15) is 0 Å². The fourth-order valence-electron chi connectivity index (χ4n) is 0.873.